The SMILES string of the molecule is CC(C)(C)c1ccnc(NC2=NC(Nc3cc(C(C)(C)C)ccn3)c3ccccc32)c1.[K]. The Morgan fingerprint density at radius 1 is 0.750 bits per heavy atom. The van der Waals surface area contributed by atoms with Crippen LogP contribution in [0.1, 0.15) is 70.0 Å². The quantitative estimate of drug-likeness (QED) is 0.502. The molecule has 1 aromatic carbocycles. The van der Waals surface area contributed by atoms with Gasteiger partial charge in [-0.3, -0.25) is 0 Å². The van der Waals surface area contributed by atoms with Crippen molar-refractivity contribution < 1.29 is 0 Å². The van der Waals surface area contributed by atoms with Crippen molar-refractivity contribution in [2.24, 2.45) is 4.99 Å². The maximum atomic E-state index is 4.94. The van der Waals surface area contributed by atoms with Crippen LogP contribution in [0.3, 0.4) is 0 Å². The van der Waals surface area contributed by atoms with E-state index in [9.17, 15) is 0 Å². The summed E-state index contributed by atoms with van der Waals surface area (Å²) in [6.45, 7) is 13.2. The molecule has 2 N–H and O–H groups in total. The van der Waals surface area contributed by atoms with Crippen molar-refractivity contribution in [2.45, 2.75) is 58.5 Å². The van der Waals surface area contributed by atoms with Gasteiger partial charge in [-0.1, -0.05) is 65.8 Å². The summed E-state index contributed by atoms with van der Waals surface area (Å²) in [7, 11) is 0. The van der Waals surface area contributed by atoms with E-state index in [0.29, 0.717) is 0 Å². The fourth-order valence-electron chi connectivity index (χ4n) is 3.63. The average molecular weight is 453 g/mol. The van der Waals surface area contributed by atoms with Gasteiger partial charge in [0.05, 0.1) is 0 Å². The minimum absolute atomic E-state index is 0. The molecule has 4 rings (SSSR count). The number of anilines is 2. The summed E-state index contributed by atoms with van der Waals surface area (Å²) in [6.07, 6.45) is 3.50. The van der Waals surface area contributed by atoms with Crippen LogP contribution in [0.5, 0.6) is 0 Å². The van der Waals surface area contributed by atoms with Crippen molar-refractivity contribution in [1.82, 2.24) is 9.97 Å². The zero-order valence-electron chi connectivity index (χ0n) is 20.2. The smallest absolute Gasteiger partial charge is 0.148 e. The van der Waals surface area contributed by atoms with Gasteiger partial charge in [0.1, 0.15) is 23.6 Å². The Hall–Kier alpha value is -1.57. The van der Waals surface area contributed by atoms with Crippen molar-refractivity contribution in [1.29, 1.82) is 0 Å². The second-order valence-electron chi connectivity index (χ2n) is 10.1. The molecular weight excluding hydrogens is 421 g/mol. The number of pyridine rings is 2. The molecule has 1 radical (unpaired) electrons. The molecule has 1 atom stereocenters. The molecule has 0 saturated carbocycles. The van der Waals surface area contributed by atoms with E-state index in [4.69, 9.17) is 4.99 Å². The van der Waals surface area contributed by atoms with Crippen LogP contribution in [0.2, 0.25) is 0 Å². The minimum atomic E-state index is -0.202. The molecule has 0 spiro atoms. The van der Waals surface area contributed by atoms with Crippen LogP contribution in [0, 0.1) is 0 Å². The summed E-state index contributed by atoms with van der Waals surface area (Å²) in [5.74, 6) is 2.44. The van der Waals surface area contributed by atoms with Gasteiger partial charge >= 0.3 is 0 Å². The first-order chi connectivity index (χ1) is 14.6. The van der Waals surface area contributed by atoms with Crippen molar-refractivity contribution in [3.63, 3.8) is 0 Å². The van der Waals surface area contributed by atoms with Crippen LogP contribution in [-0.4, -0.2) is 67.2 Å². The number of aromatic nitrogens is 2. The van der Waals surface area contributed by atoms with Crippen LogP contribution in [0.25, 0.3) is 0 Å². The fourth-order valence-corrected chi connectivity index (χ4v) is 3.63. The molecule has 0 fully saturated rings. The van der Waals surface area contributed by atoms with Gasteiger partial charge in [-0.15, -0.1) is 0 Å². The predicted octanol–water partition coefficient (Wildman–Crippen LogP) is 5.67. The molecule has 5 nitrogen and oxygen atoms in total. The summed E-state index contributed by atoms with van der Waals surface area (Å²) in [6, 6.07) is 16.6. The van der Waals surface area contributed by atoms with E-state index in [-0.39, 0.29) is 68.4 Å². The van der Waals surface area contributed by atoms with Crippen LogP contribution >= 0.6 is 0 Å². The second kappa shape index (κ2) is 9.73. The number of aliphatic imine (C=N–C) groups is 1. The normalized spacial score (nSPS) is 15.4. The largest absolute Gasteiger partial charge is 0.345 e. The molecule has 3 aromatic rings. The van der Waals surface area contributed by atoms with Gasteiger partial charge < -0.3 is 10.6 Å². The Morgan fingerprint density at radius 2 is 1.31 bits per heavy atom. The van der Waals surface area contributed by atoms with Gasteiger partial charge in [0, 0.05) is 74.9 Å². The van der Waals surface area contributed by atoms with Crippen LogP contribution in [0.15, 0.2) is 65.9 Å². The monoisotopic (exact) mass is 452 g/mol. The van der Waals surface area contributed by atoms with Crippen molar-refractivity contribution in [3.8, 4) is 0 Å². The summed E-state index contributed by atoms with van der Waals surface area (Å²) >= 11 is 0. The number of benzene rings is 1. The Kier molecular flexibility index (Phi) is 7.62. The first-order valence-electron chi connectivity index (χ1n) is 10.7. The van der Waals surface area contributed by atoms with Crippen molar-refractivity contribution in [2.75, 3.05) is 10.6 Å². The van der Waals surface area contributed by atoms with Crippen LogP contribution in [0.4, 0.5) is 11.6 Å². The van der Waals surface area contributed by atoms with Gasteiger partial charge in [-0.2, -0.15) is 0 Å². The molecular formula is C26H31KN5. The summed E-state index contributed by atoms with van der Waals surface area (Å²) < 4.78 is 0. The van der Waals surface area contributed by atoms with E-state index < -0.39 is 0 Å². The molecule has 161 valence electrons. The molecule has 32 heavy (non-hydrogen) atoms. The van der Waals surface area contributed by atoms with Gasteiger partial charge in [0.2, 0.25) is 0 Å². The van der Waals surface area contributed by atoms with E-state index in [2.05, 4.69) is 98.5 Å². The van der Waals surface area contributed by atoms with Gasteiger partial charge in [0.15, 0.2) is 0 Å². The Morgan fingerprint density at radius 3 is 1.94 bits per heavy atom. The van der Waals surface area contributed by atoms with Gasteiger partial charge in [-0.25, -0.2) is 15.0 Å². The molecule has 6 heteroatoms. The van der Waals surface area contributed by atoms with Crippen molar-refractivity contribution in [3.05, 3.63) is 83.2 Å². The zero-order chi connectivity index (χ0) is 22.2. The van der Waals surface area contributed by atoms with Crippen LogP contribution in [-0.2, 0) is 10.8 Å². The standard InChI is InChI=1S/C26H31N5.K/c1-25(2,3)17-11-13-27-21(15-17)29-23-19-9-7-8-10-20(19)24(31-23)30-22-16-18(12-14-28-22)26(4,5)6;/h7-16,23H,1-6H3,(H,27,29)(H,28,30,31);. The van der Waals surface area contributed by atoms with E-state index in [1.54, 1.807) is 0 Å². The van der Waals surface area contributed by atoms with E-state index in [0.717, 1.165) is 28.6 Å². The minimum Gasteiger partial charge on any atom is -0.345 e. The van der Waals surface area contributed by atoms with E-state index in [1.165, 1.54) is 11.1 Å². The average Bonchev–Trinajstić information content (AvgIpc) is 3.05. The number of hydrogen-bond donors (Lipinski definition) is 2. The molecule has 1 unspecified atom stereocenters. The topological polar surface area (TPSA) is 62.2 Å². The molecule has 0 aliphatic carbocycles. The Bertz CT molecular complexity index is 1130. The van der Waals surface area contributed by atoms with E-state index in [1.807, 2.05) is 24.5 Å². The number of hydrogen-bond acceptors (Lipinski definition) is 5. The molecule has 3 heterocycles. The maximum absolute atomic E-state index is 4.94. The first kappa shape index (κ1) is 25.1. The fraction of sp³-hybridized carbons (Fsp3) is 0.346. The third kappa shape index (κ3) is 5.67. The summed E-state index contributed by atoms with van der Waals surface area (Å²) in [5, 5.41) is 6.94. The molecule has 0 saturated heterocycles. The predicted molar refractivity (Wildman–Crippen MR) is 135 cm³/mol. The number of nitrogens with zero attached hydrogens (tertiary/aromatic N) is 3. The van der Waals surface area contributed by atoms with Gasteiger partial charge in [-0.05, 0) is 46.2 Å². The molecule has 2 aromatic heterocycles. The number of fused-ring (bicyclic) bond motifs is 1. The summed E-state index contributed by atoms with van der Waals surface area (Å²) in [5.41, 5.74) is 4.79. The Labute approximate surface area is 234 Å². The first-order valence-corrected chi connectivity index (χ1v) is 10.7. The van der Waals surface area contributed by atoms with Crippen molar-refractivity contribution >= 4 is 68.9 Å². The molecule has 0 bridgehead atoms. The van der Waals surface area contributed by atoms with Crippen LogP contribution < -0.4 is 10.6 Å². The molecule has 1 aliphatic rings. The maximum Gasteiger partial charge on any atom is 0.148 e. The number of rotatable bonds is 3. The zero-order valence-corrected chi connectivity index (χ0v) is 23.3. The third-order valence-corrected chi connectivity index (χ3v) is 5.55. The molecule has 1 aliphatic heterocycles. The number of nitrogens with one attached hydrogen (secondary N) is 2. The Balaban J connectivity index is 0.00000289. The van der Waals surface area contributed by atoms with E-state index >= 15 is 0 Å². The summed E-state index contributed by atoms with van der Waals surface area (Å²) in [4.78, 5) is 14.0. The second-order valence-corrected chi connectivity index (χ2v) is 10.1. The molecule has 0 amide bonds. The van der Waals surface area contributed by atoms with Gasteiger partial charge in [0.25, 0.3) is 0 Å². The number of amidine groups is 1. The third-order valence-electron chi connectivity index (χ3n) is 5.55.